The number of hydrogen-bond acceptors (Lipinski definition) is 1. The summed E-state index contributed by atoms with van der Waals surface area (Å²) < 4.78 is 0. The molecular formula is C18H17NO2. The minimum Gasteiger partial charge on any atom is -0.481 e. The predicted molar refractivity (Wildman–Crippen MR) is 84.5 cm³/mol. The topological polar surface area (TPSA) is 53.1 Å². The van der Waals surface area contributed by atoms with E-state index in [0.717, 1.165) is 34.1 Å². The smallest absolute Gasteiger partial charge is 0.307 e. The maximum Gasteiger partial charge on any atom is 0.307 e. The molecule has 0 saturated heterocycles. The molecule has 0 unspecified atom stereocenters. The van der Waals surface area contributed by atoms with Crippen LogP contribution in [0.2, 0.25) is 0 Å². The van der Waals surface area contributed by atoms with Crippen molar-refractivity contribution >= 4 is 16.9 Å². The van der Waals surface area contributed by atoms with Gasteiger partial charge in [0.25, 0.3) is 0 Å². The zero-order valence-corrected chi connectivity index (χ0v) is 11.9. The predicted octanol–water partition coefficient (Wildman–Crippen LogP) is 4.02. The molecule has 21 heavy (non-hydrogen) atoms. The van der Waals surface area contributed by atoms with Gasteiger partial charge < -0.3 is 10.1 Å². The number of hydrogen-bond donors (Lipinski definition) is 2. The monoisotopic (exact) mass is 279 g/mol. The molecule has 3 nitrogen and oxygen atoms in total. The van der Waals surface area contributed by atoms with E-state index in [-0.39, 0.29) is 6.42 Å². The molecule has 0 radical (unpaired) electrons. The molecular weight excluding hydrogens is 262 g/mol. The first-order valence-electron chi connectivity index (χ1n) is 7.09. The van der Waals surface area contributed by atoms with Gasteiger partial charge in [0.1, 0.15) is 0 Å². The van der Waals surface area contributed by atoms with Gasteiger partial charge in [-0.1, -0.05) is 43.3 Å². The second kappa shape index (κ2) is 5.44. The van der Waals surface area contributed by atoms with Gasteiger partial charge in [0.15, 0.2) is 0 Å². The van der Waals surface area contributed by atoms with E-state index in [2.05, 4.69) is 24.0 Å². The van der Waals surface area contributed by atoms with Gasteiger partial charge in [-0.2, -0.15) is 0 Å². The largest absolute Gasteiger partial charge is 0.481 e. The quantitative estimate of drug-likeness (QED) is 0.757. The number of aryl methyl sites for hydroxylation is 1. The van der Waals surface area contributed by atoms with Crippen LogP contribution in [0.5, 0.6) is 0 Å². The summed E-state index contributed by atoms with van der Waals surface area (Å²) >= 11 is 0. The van der Waals surface area contributed by atoms with Gasteiger partial charge in [-0.15, -0.1) is 0 Å². The van der Waals surface area contributed by atoms with E-state index >= 15 is 0 Å². The molecule has 0 spiro atoms. The lowest BCUT2D eigenvalue weighted by atomic mass is 10.0. The second-order valence-electron chi connectivity index (χ2n) is 5.15. The van der Waals surface area contributed by atoms with Gasteiger partial charge in [-0.25, -0.2) is 0 Å². The highest BCUT2D eigenvalue weighted by molar-refractivity contribution is 5.94. The second-order valence-corrected chi connectivity index (χ2v) is 5.15. The molecule has 106 valence electrons. The molecule has 3 heteroatoms. The summed E-state index contributed by atoms with van der Waals surface area (Å²) in [4.78, 5) is 14.6. The molecule has 0 aliphatic rings. The van der Waals surface area contributed by atoms with Crippen LogP contribution in [-0.2, 0) is 17.6 Å². The third kappa shape index (κ3) is 2.55. The number of aromatic nitrogens is 1. The van der Waals surface area contributed by atoms with Crippen molar-refractivity contribution in [1.82, 2.24) is 4.98 Å². The van der Waals surface area contributed by atoms with Crippen LogP contribution in [0.25, 0.3) is 22.2 Å². The molecule has 3 aromatic rings. The van der Waals surface area contributed by atoms with Crippen molar-refractivity contribution in [1.29, 1.82) is 0 Å². The molecule has 2 aromatic carbocycles. The summed E-state index contributed by atoms with van der Waals surface area (Å²) in [6.45, 7) is 2.10. The lowest BCUT2D eigenvalue weighted by Crippen LogP contribution is -2.01. The molecule has 0 aliphatic carbocycles. The Balaban J connectivity index is 2.25. The van der Waals surface area contributed by atoms with Crippen molar-refractivity contribution in [3.63, 3.8) is 0 Å². The van der Waals surface area contributed by atoms with E-state index < -0.39 is 5.97 Å². The number of fused-ring (bicyclic) bond motifs is 1. The standard InChI is InChI=1S/C18H17NO2/c1-2-12-8-9-16-14(10-12)15(11-17(20)21)18(19-16)13-6-4-3-5-7-13/h3-10,19H,2,11H2,1H3,(H,20,21). The number of carbonyl (C=O) groups is 1. The average Bonchev–Trinajstić information content (AvgIpc) is 2.85. The fourth-order valence-electron chi connectivity index (χ4n) is 2.70. The fourth-order valence-corrected chi connectivity index (χ4v) is 2.70. The lowest BCUT2D eigenvalue weighted by molar-refractivity contribution is -0.136. The number of H-pyrrole nitrogens is 1. The Hall–Kier alpha value is -2.55. The highest BCUT2D eigenvalue weighted by Crippen LogP contribution is 2.31. The van der Waals surface area contributed by atoms with Crippen LogP contribution in [-0.4, -0.2) is 16.1 Å². The Morgan fingerprint density at radius 1 is 1.14 bits per heavy atom. The van der Waals surface area contributed by atoms with Crippen molar-refractivity contribution < 1.29 is 9.90 Å². The first-order chi connectivity index (χ1) is 10.2. The average molecular weight is 279 g/mol. The summed E-state index contributed by atoms with van der Waals surface area (Å²) in [6.07, 6.45) is 0.964. The van der Waals surface area contributed by atoms with Crippen molar-refractivity contribution in [2.75, 3.05) is 0 Å². The first kappa shape index (κ1) is 13.4. The zero-order valence-electron chi connectivity index (χ0n) is 11.9. The Labute approximate surface area is 123 Å². The first-order valence-corrected chi connectivity index (χ1v) is 7.09. The van der Waals surface area contributed by atoms with Crippen molar-refractivity contribution in [2.45, 2.75) is 19.8 Å². The van der Waals surface area contributed by atoms with E-state index in [9.17, 15) is 9.90 Å². The molecule has 0 bridgehead atoms. The minimum atomic E-state index is -0.810. The molecule has 1 heterocycles. The summed E-state index contributed by atoms with van der Waals surface area (Å²) in [7, 11) is 0. The maximum atomic E-state index is 11.2. The number of aromatic amines is 1. The molecule has 0 atom stereocenters. The third-order valence-electron chi connectivity index (χ3n) is 3.77. The van der Waals surface area contributed by atoms with Gasteiger partial charge in [0.2, 0.25) is 0 Å². The molecule has 0 fully saturated rings. The number of nitrogens with one attached hydrogen (secondary N) is 1. The van der Waals surface area contributed by atoms with E-state index in [1.807, 2.05) is 36.4 Å². The van der Waals surface area contributed by atoms with Crippen LogP contribution in [0.1, 0.15) is 18.1 Å². The highest BCUT2D eigenvalue weighted by Gasteiger charge is 2.15. The number of rotatable bonds is 4. The molecule has 0 saturated carbocycles. The van der Waals surface area contributed by atoms with Gasteiger partial charge in [0, 0.05) is 10.9 Å². The Morgan fingerprint density at radius 3 is 2.57 bits per heavy atom. The van der Waals surface area contributed by atoms with Gasteiger partial charge >= 0.3 is 5.97 Å². The van der Waals surface area contributed by atoms with Crippen LogP contribution in [0, 0.1) is 0 Å². The SMILES string of the molecule is CCc1ccc2[nH]c(-c3ccccc3)c(CC(=O)O)c2c1. The van der Waals surface area contributed by atoms with E-state index in [4.69, 9.17) is 0 Å². The number of aliphatic carboxylic acids is 1. The van der Waals surface area contributed by atoms with Crippen LogP contribution in [0.15, 0.2) is 48.5 Å². The lowest BCUT2D eigenvalue weighted by Gasteiger charge is -2.03. The zero-order chi connectivity index (χ0) is 14.8. The van der Waals surface area contributed by atoms with E-state index in [0.29, 0.717) is 0 Å². The fraction of sp³-hybridized carbons (Fsp3) is 0.167. The molecule has 3 rings (SSSR count). The molecule has 0 aliphatic heterocycles. The van der Waals surface area contributed by atoms with Crippen LogP contribution < -0.4 is 0 Å². The maximum absolute atomic E-state index is 11.2. The normalized spacial score (nSPS) is 10.9. The minimum absolute atomic E-state index is 0.0252. The van der Waals surface area contributed by atoms with Gasteiger partial charge in [-0.05, 0) is 35.2 Å². The number of benzene rings is 2. The molecule has 2 N–H and O–H groups in total. The molecule has 0 amide bonds. The van der Waals surface area contributed by atoms with Crippen molar-refractivity contribution in [3.05, 3.63) is 59.7 Å². The number of carboxylic acids is 1. The van der Waals surface area contributed by atoms with E-state index in [1.165, 1.54) is 5.56 Å². The van der Waals surface area contributed by atoms with Crippen molar-refractivity contribution in [3.8, 4) is 11.3 Å². The summed E-state index contributed by atoms with van der Waals surface area (Å²) in [5.41, 5.74) is 4.98. The van der Waals surface area contributed by atoms with Crippen molar-refractivity contribution in [2.24, 2.45) is 0 Å². The Kier molecular flexibility index (Phi) is 3.48. The summed E-state index contributed by atoms with van der Waals surface area (Å²) in [5.74, 6) is -0.810. The Morgan fingerprint density at radius 2 is 1.90 bits per heavy atom. The van der Waals surface area contributed by atoms with Gasteiger partial charge in [-0.3, -0.25) is 4.79 Å². The number of carboxylic acid groups (broad SMARTS) is 1. The summed E-state index contributed by atoms with van der Waals surface area (Å²) in [6, 6.07) is 16.1. The highest BCUT2D eigenvalue weighted by atomic mass is 16.4. The Bertz CT molecular complexity index is 788. The van der Waals surface area contributed by atoms with Crippen LogP contribution >= 0.6 is 0 Å². The summed E-state index contributed by atoms with van der Waals surface area (Å²) in [5, 5.41) is 10.2. The van der Waals surface area contributed by atoms with Gasteiger partial charge in [0.05, 0.1) is 12.1 Å². The van der Waals surface area contributed by atoms with E-state index in [1.54, 1.807) is 0 Å². The van der Waals surface area contributed by atoms with Crippen LogP contribution in [0.4, 0.5) is 0 Å². The molecule has 1 aromatic heterocycles. The van der Waals surface area contributed by atoms with Crippen LogP contribution in [0.3, 0.4) is 0 Å². The third-order valence-corrected chi connectivity index (χ3v) is 3.77.